The van der Waals surface area contributed by atoms with Crippen LogP contribution in [0.5, 0.6) is 0 Å². The number of anilines is 2. The highest BCUT2D eigenvalue weighted by molar-refractivity contribution is 7.98. The van der Waals surface area contributed by atoms with Gasteiger partial charge in [-0.05, 0) is 30.9 Å². The Morgan fingerprint density at radius 2 is 2.11 bits per heavy atom. The van der Waals surface area contributed by atoms with Crippen LogP contribution < -0.4 is 10.4 Å². The summed E-state index contributed by atoms with van der Waals surface area (Å²) in [7, 11) is 0. The number of carboxylic acids is 1. The minimum absolute atomic E-state index is 0.126. The molecule has 2 aromatic rings. The number of nitrogens with zero attached hydrogens (tertiary/aromatic N) is 2. The highest BCUT2D eigenvalue weighted by Crippen LogP contribution is 2.19. The van der Waals surface area contributed by atoms with E-state index in [0.29, 0.717) is 16.7 Å². The molecule has 0 saturated heterocycles. The molecule has 0 spiro atoms. The maximum absolute atomic E-state index is 10.8. The first-order chi connectivity index (χ1) is 9.08. The molecule has 5 nitrogen and oxygen atoms in total. The van der Waals surface area contributed by atoms with Crippen molar-refractivity contribution in [2.45, 2.75) is 12.1 Å². The average molecular weight is 274 g/mol. The van der Waals surface area contributed by atoms with Gasteiger partial charge in [-0.2, -0.15) is 0 Å². The van der Waals surface area contributed by atoms with Crippen molar-refractivity contribution >= 4 is 29.2 Å². The number of nitrogens with one attached hydrogen (secondary N) is 1. The molecule has 98 valence electrons. The van der Waals surface area contributed by atoms with Gasteiger partial charge < -0.3 is 15.2 Å². The number of aryl methyl sites for hydroxylation is 1. The number of hydrogen-bond donors (Lipinski definition) is 1. The zero-order valence-corrected chi connectivity index (χ0v) is 11.3. The predicted molar refractivity (Wildman–Crippen MR) is 72.6 cm³/mol. The van der Waals surface area contributed by atoms with Crippen molar-refractivity contribution in [3.8, 4) is 0 Å². The molecule has 1 N–H and O–H groups in total. The van der Waals surface area contributed by atoms with Gasteiger partial charge in [0.05, 0.1) is 5.97 Å². The lowest BCUT2D eigenvalue weighted by Gasteiger charge is -2.09. The lowest BCUT2D eigenvalue weighted by atomic mass is 10.2. The van der Waals surface area contributed by atoms with Gasteiger partial charge in [0, 0.05) is 17.4 Å². The lowest BCUT2D eigenvalue weighted by Crippen LogP contribution is -2.22. The number of carbonyl (C=O) groups is 1. The Labute approximate surface area is 115 Å². The number of thioether (sulfide) groups is 1. The van der Waals surface area contributed by atoms with Gasteiger partial charge >= 0.3 is 0 Å². The molecule has 0 fully saturated rings. The van der Waals surface area contributed by atoms with Gasteiger partial charge in [0.25, 0.3) is 0 Å². The maximum atomic E-state index is 10.8. The summed E-state index contributed by atoms with van der Waals surface area (Å²) < 4.78 is 0. The smallest absolute Gasteiger partial charge is 0.189 e. The normalized spacial score (nSPS) is 10.2. The first-order valence-corrected chi connectivity index (χ1v) is 6.79. The van der Waals surface area contributed by atoms with Crippen molar-refractivity contribution in [3.63, 3.8) is 0 Å². The highest BCUT2D eigenvalue weighted by Gasteiger charge is 2.02. The van der Waals surface area contributed by atoms with Gasteiger partial charge in [-0.3, -0.25) is 0 Å². The molecule has 6 heteroatoms. The van der Waals surface area contributed by atoms with Gasteiger partial charge in [-0.1, -0.05) is 23.9 Å². The first-order valence-electron chi connectivity index (χ1n) is 5.56. The molecule has 0 aliphatic carbocycles. The number of aromatic carboxylic acids is 1. The van der Waals surface area contributed by atoms with E-state index in [9.17, 15) is 9.90 Å². The second-order valence-electron chi connectivity index (χ2n) is 3.87. The number of carboxylic acid groups (broad SMARTS) is 1. The van der Waals surface area contributed by atoms with E-state index in [-0.39, 0.29) is 5.56 Å². The summed E-state index contributed by atoms with van der Waals surface area (Å²) >= 11 is 1.45. The lowest BCUT2D eigenvalue weighted by molar-refractivity contribution is -0.255. The van der Waals surface area contributed by atoms with Gasteiger partial charge in [0.15, 0.2) is 5.16 Å². The van der Waals surface area contributed by atoms with Crippen LogP contribution in [0.25, 0.3) is 0 Å². The molecule has 1 heterocycles. The topological polar surface area (TPSA) is 77.9 Å². The standard InChI is InChI=1S/C13H13N3O2S/c1-8-6-11(16-13(14-8)19-2)15-10-5-3-4-9(7-10)12(17)18/h3-7H,1-2H3,(H,17,18)(H,14,15,16)/p-1. The van der Waals surface area contributed by atoms with Crippen molar-refractivity contribution in [2.75, 3.05) is 11.6 Å². The minimum Gasteiger partial charge on any atom is -0.545 e. The zero-order valence-electron chi connectivity index (χ0n) is 10.5. The van der Waals surface area contributed by atoms with Crippen LogP contribution in [-0.4, -0.2) is 22.2 Å². The van der Waals surface area contributed by atoms with E-state index in [0.717, 1.165) is 5.69 Å². The Morgan fingerprint density at radius 1 is 1.32 bits per heavy atom. The van der Waals surface area contributed by atoms with Crippen molar-refractivity contribution in [1.29, 1.82) is 0 Å². The first kappa shape index (κ1) is 13.4. The molecule has 0 radical (unpaired) electrons. The van der Waals surface area contributed by atoms with Crippen molar-refractivity contribution in [3.05, 3.63) is 41.6 Å². The highest BCUT2D eigenvalue weighted by atomic mass is 32.2. The van der Waals surface area contributed by atoms with Gasteiger partial charge in [0.1, 0.15) is 5.82 Å². The second kappa shape index (κ2) is 5.71. The summed E-state index contributed by atoms with van der Waals surface area (Å²) in [5.41, 5.74) is 1.62. The van der Waals surface area contributed by atoms with E-state index in [4.69, 9.17) is 0 Å². The zero-order chi connectivity index (χ0) is 13.8. The fraction of sp³-hybridized carbons (Fsp3) is 0.154. The fourth-order valence-corrected chi connectivity index (χ4v) is 1.99. The molecule has 0 aliphatic rings. The monoisotopic (exact) mass is 274 g/mol. The molecule has 2 rings (SSSR count). The summed E-state index contributed by atoms with van der Waals surface area (Å²) in [5.74, 6) is -0.570. The van der Waals surface area contributed by atoms with Crippen molar-refractivity contribution in [1.82, 2.24) is 9.97 Å². The molecule has 19 heavy (non-hydrogen) atoms. The van der Waals surface area contributed by atoms with Crippen LogP contribution >= 0.6 is 11.8 Å². The quantitative estimate of drug-likeness (QED) is 0.674. The Balaban J connectivity index is 2.28. The minimum atomic E-state index is -1.20. The van der Waals surface area contributed by atoms with E-state index >= 15 is 0 Å². The van der Waals surface area contributed by atoms with E-state index in [1.807, 2.05) is 13.2 Å². The maximum Gasteiger partial charge on any atom is 0.189 e. The van der Waals surface area contributed by atoms with Gasteiger partial charge in [-0.25, -0.2) is 9.97 Å². The third-order valence-corrected chi connectivity index (χ3v) is 2.93. The summed E-state index contributed by atoms with van der Waals surface area (Å²) in [6.45, 7) is 1.88. The van der Waals surface area contributed by atoms with Crippen LogP contribution in [0, 0.1) is 6.92 Å². The SMILES string of the molecule is CSc1nc(C)cc(Nc2cccc(C(=O)[O-])c2)n1. The molecular formula is C13H12N3O2S-. The molecule has 1 aromatic carbocycles. The predicted octanol–water partition coefficient (Wildman–Crippen LogP) is 1.61. The van der Waals surface area contributed by atoms with Crippen LogP contribution in [0.15, 0.2) is 35.5 Å². The third kappa shape index (κ3) is 3.45. The number of aromatic nitrogens is 2. The van der Waals surface area contributed by atoms with Crippen LogP contribution in [0.1, 0.15) is 16.1 Å². The number of carbonyl (C=O) groups excluding carboxylic acids is 1. The second-order valence-corrected chi connectivity index (χ2v) is 4.65. The van der Waals surface area contributed by atoms with Gasteiger partial charge in [-0.15, -0.1) is 0 Å². The molecule has 0 unspecified atom stereocenters. The van der Waals surface area contributed by atoms with E-state index < -0.39 is 5.97 Å². The molecule has 0 saturated carbocycles. The Kier molecular flexibility index (Phi) is 4.01. The molecule has 0 atom stereocenters. The Hall–Kier alpha value is -2.08. The fourth-order valence-electron chi connectivity index (χ4n) is 1.57. The Morgan fingerprint density at radius 3 is 2.79 bits per heavy atom. The summed E-state index contributed by atoms with van der Waals surface area (Å²) in [5, 5.41) is 14.5. The molecular weight excluding hydrogens is 262 g/mol. The van der Waals surface area contributed by atoms with E-state index in [1.54, 1.807) is 18.2 Å². The van der Waals surface area contributed by atoms with Crippen molar-refractivity contribution in [2.24, 2.45) is 0 Å². The van der Waals surface area contributed by atoms with E-state index in [2.05, 4.69) is 15.3 Å². The van der Waals surface area contributed by atoms with Crippen LogP contribution in [0.3, 0.4) is 0 Å². The molecule has 1 aromatic heterocycles. The largest absolute Gasteiger partial charge is 0.545 e. The molecule has 0 bridgehead atoms. The number of rotatable bonds is 4. The number of hydrogen-bond acceptors (Lipinski definition) is 6. The van der Waals surface area contributed by atoms with Crippen molar-refractivity contribution < 1.29 is 9.90 Å². The third-order valence-electron chi connectivity index (χ3n) is 2.39. The van der Waals surface area contributed by atoms with Gasteiger partial charge in [0.2, 0.25) is 0 Å². The Bertz CT molecular complexity index is 617. The van der Waals surface area contributed by atoms with Crippen LogP contribution in [0.4, 0.5) is 11.5 Å². The molecule has 0 aliphatic heterocycles. The van der Waals surface area contributed by atoms with Crippen LogP contribution in [0.2, 0.25) is 0 Å². The van der Waals surface area contributed by atoms with Crippen LogP contribution in [-0.2, 0) is 0 Å². The summed E-state index contributed by atoms with van der Waals surface area (Å²) in [6.07, 6.45) is 1.90. The number of benzene rings is 1. The summed E-state index contributed by atoms with van der Waals surface area (Å²) in [4.78, 5) is 19.3. The van der Waals surface area contributed by atoms with E-state index in [1.165, 1.54) is 23.9 Å². The average Bonchev–Trinajstić information content (AvgIpc) is 2.38. The molecule has 0 amide bonds. The summed E-state index contributed by atoms with van der Waals surface area (Å²) in [6, 6.07) is 8.20.